The Hall–Kier alpha value is -1.65. The average molecular weight is 181 g/mol. The quantitative estimate of drug-likeness (QED) is 0.430. The fourth-order valence-corrected chi connectivity index (χ4v) is 0.789. The molecule has 0 aliphatic carbocycles. The van der Waals surface area contributed by atoms with Crippen LogP contribution < -0.4 is 4.74 Å². The SMILES string of the molecule is CCOc1ccnc(/C(C)=N\O)n1. The smallest absolute Gasteiger partial charge is 0.216 e. The lowest BCUT2D eigenvalue weighted by molar-refractivity contribution is 0.317. The minimum Gasteiger partial charge on any atom is -0.478 e. The minimum absolute atomic E-state index is 0.363. The molecule has 1 N–H and O–H groups in total. The first-order valence-electron chi connectivity index (χ1n) is 3.92. The van der Waals surface area contributed by atoms with Gasteiger partial charge in [0.15, 0.2) is 5.82 Å². The van der Waals surface area contributed by atoms with Crippen molar-refractivity contribution < 1.29 is 9.94 Å². The van der Waals surface area contributed by atoms with Gasteiger partial charge in [0.1, 0.15) is 5.71 Å². The van der Waals surface area contributed by atoms with Crippen LogP contribution in [0.25, 0.3) is 0 Å². The lowest BCUT2D eigenvalue weighted by atomic mass is 10.4. The van der Waals surface area contributed by atoms with E-state index in [4.69, 9.17) is 9.94 Å². The summed E-state index contributed by atoms with van der Waals surface area (Å²) in [6.45, 7) is 4.03. The molecule has 0 unspecified atom stereocenters. The van der Waals surface area contributed by atoms with E-state index in [2.05, 4.69) is 15.1 Å². The zero-order valence-electron chi connectivity index (χ0n) is 7.56. The van der Waals surface area contributed by atoms with Crippen LogP contribution in [0.5, 0.6) is 5.88 Å². The predicted octanol–water partition coefficient (Wildman–Crippen LogP) is 1.07. The highest BCUT2D eigenvalue weighted by Gasteiger charge is 2.02. The van der Waals surface area contributed by atoms with Crippen molar-refractivity contribution in [2.75, 3.05) is 6.61 Å². The molecule has 0 atom stereocenters. The van der Waals surface area contributed by atoms with Crippen molar-refractivity contribution >= 4 is 5.71 Å². The van der Waals surface area contributed by atoms with Crippen LogP contribution in [0, 0.1) is 0 Å². The van der Waals surface area contributed by atoms with E-state index in [1.807, 2.05) is 6.92 Å². The molecular formula is C8H11N3O2. The molecule has 1 rings (SSSR count). The van der Waals surface area contributed by atoms with Crippen molar-refractivity contribution in [1.29, 1.82) is 0 Å². The maximum absolute atomic E-state index is 8.48. The number of hydrogen-bond donors (Lipinski definition) is 1. The number of nitrogens with zero attached hydrogens (tertiary/aromatic N) is 3. The second-order valence-corrected chi connectivity index (χ2v) is 2.34. The number of aromatic nitrogens is 2. The van der Waals surface area contributed by atoms with E-state index in [0.717, 1.165) is 0 Å². The van der Waals surface area contributed by atoms with Crippen molar-refractivity contribution in [1.82, 2.24) is 9.97 Å². The van der Waals surface area contributed by atoms with Crippen molar-refractivity contribution in [2.24, 2.45) is 5.16 Å². The van der Waals surface area contributed by atoms with E-state index in [1.54, 1.807) is 19.2 Å². The predicted molar refractivity (Wildman–Crippen MR) is 47.2 cm³/mol. The van der Waals surface area contributed by atoms with Crippen LogP contribution in [0.15, 0.2) is 17.4 Å². The molecule has 5 nitrogen and oxygen atoms in total. The van der Waals surface area contributed by atoms with Gasteiger partial charge in [-0.1, -0.05) is 5.16 Å². The van der Waals surface area contributed by atoms with Gasteiger partial charge < -0.3 is 9.94 Å². The number of oxime groups is 1. The maximum atomic E-state index is 8.48. The van der Waals surface area contributed by atoms with Crippen LogP contribution in [-0.4, -0.2) is 27.5 Å². The van der Waals surface area contributed by atoms with Gasteiger partial charge in [0.2, 0.25) is 5.88 Å². The van der Waals surface area contributed by atoms with E-state index in [9.17, 15) is 0 Å². The minimum atomic E-state index is 0.363. The molecule has 0 saturated carbocycles. The third-order valence-electron chi connectivity index (χ3n) is 1.40. The standard InChI is InChI=1S/C8H11N3O2/c1-3-13-7-4-5-9-8(10-7)6(2)11-12/h4-5,12H,3H2,1-2H3/b11-6-. The lowest BCUT2D eigenvalue weighted by Crippen LogP contribution is -2.04. The van der Waals surface area contributed by atoms with Gasteiger partial charge in [-0.25, -0.2) is 4.98 Å². The van der Waals surface area contributed by atoms with Crippen LogP contribution in [0.2, 0.25) is 0 Å². The van der Waals surface area contributed by atoms with Crippen LogP contribution >= 0.6 is 0 Å². The van der Waals surface area contributed by atoms with Crippen LogP contribution in [0.3, 0.4) is 0 Å². The highest BCUT2D eigenvalue weighted by molar-refractivity contribution is 5.94. The van der Waals surface area contributed by atoms with Gasteiger partial charge in [-0.2, -0.15) is 4.98 Å². The molecule has 5 heteroatoms. The van der Waals surface area contributed by atoms with Crippen molar-refractivity contribution in [3.05, 3.63) is 18.1 Å². The van der Waals surface area contributed by atoms with Gasteiger partial charge in [-0.3, -0.25) is 0 Å². The molecule has 1 aromatic rings. The molecule has 1 aromatic heterocycles. The van der Waals surface area contributed by atoms with Gasteiger partial charge in [-0.15, -0.1) is 0 Å². The summed E-state index contributed by atoms with van der Waals surface area (Å²) in [4.78, 5) is 7.92. The van der Waals surface area contributed by atoms with E-state index in [1.165, 1.54) is 0 Å². The molecule has 0 aliphatic rings. The van der Waals surface area contributed by atoms with E-state index >= 15 is 0 Å². The molecule has 13 heavy (non-hydrogen) atoms. The summed E-state index contributed by atoms with van der Waals surface area (Å²) in [7, 11) is 0. The summed E-state index contributed by atoms with van der Waals surface area (Å²) in [6, 6.07) is 1.65. The monoisotopic (exact) mass is 181 g/mol. The Labute approximate surface area is 76.1 Å². The third kappa shape index (κ3) is 2.40. The van der Waals surface area contributed by atoms with Gasteiger partial charge >= 0.3 is 0 Å². The second-order valence-electron chi connectivity index (χ2n) is 2.34. The Bertz CT molecular complexity index is 312. The summed E-state index contributed by atoms with van der Waals surface area (Å²) < 4.78 is 5.15. The molecule has 1 heterocycles. The molecule has 70 valence electrons. The summed E-state index contributed by atoms with van der Waals surface area (Å²) in [6.07, 6.45) is 1.56. The Kier molecular flexibility index (Phi) is 3.19. The number of hydrogen-bond acceptors (Lipinski definition) is 5. The fraction of sp³-hybridized carbons (Fsp3) is 0.375. The summed E-state index contributed by atoms with van der Waals surface area (Å²) in [5.74, 6) is 0.851. The Morgan fingerprint density at radius 2 is 2.46 bits per heavy atom. The fourth-order valence-electron chi connectivity index (χ4n) is 0.789. The van der Waals surface area contributed by atoms with Crippen molar-refractivity contribution in [2.45, 2.75) is 13.8 Å². The molecule has 0 fully saturated rings. The average Bonchev–Trinajstić information content (AvgIpc) is 2.18. The highest BCUT2D eigenvalue weighted by atomic mass is 16.5. The van der Waals surface area contributed by atoms with Crippen LogP contribution in [0.1, 0.15) is 19.7 Å². The van der Waals surface area contributed by atoms with Crippen molar-refractivity contribution in [3.8, 4) is 5.88 Å². The zero-order chi connectivity index (χ0) is 9.68. The molecule has 0 radical (unpaired) electrons. The van der Waals surface area contributed by atoms with Gasteiger partial charge in [-0.05, 0) is 13.8 Å². The Morgan fingerprint density at radius 3 is 3.08 bits per heavy atom. The van der Waals surface area contributed by atoms with Crippen molar-refractivity contribution in [3.63, 3.8) is 0 Å². The largest absolute Gasteiger partial charge is 0.478 e. The van der Waals surface area contributed by atoms with Gasteiger partial charge in [0, 0.05) is 12.3 Å². The molecule has 0 spiro atoms. The highest BCUT2D eigenvalue weighted by Crippen LogP contribution is 2.05. The Morgan fingerprint density at radius 1 is 1.69 bits per heavy atom. The van der Waals surface area contributed by atoms with Gasteiger partial charge in [0.05, 0.1) is 6.61 Å². The summed E-state index contributed by atoms with van der Waals surface area (Å²) in [5, 5.41) is 11.5. The zero-order valence-corrected chi connectivity index (χ0v) is 7.56. The van der Waals surface area contributed by atoms with Crippen LogP contribution in [0.4, 0.5) is 0 Å². The number of ether oxygens (including phenoxy) is 1. The third-order valence-corrected chi connectivity index (χ3v) is 1.40. The molecule has 0 aromatic carbocycles. The lowest BCUT2D eigenvalue weighted by Gasteiger charge is -2.02. The molecule has 0 aliphatic heterocycles. The Balaban J connectivity index is 2.91. The number of rotatable bonds is 3. The molecule has 0 bridgehead atoms. The second kappa shape index (κ2) is 4.39. The first kappa shape index (κ1) is 9.44. The molecule has 0 amide bonds. The first-order chi connectivity index (χ1) is 6.27. The first-order valence-corrected chi connectivity index (χ1v) is 3.92. The topological polar surface area (TPSA) is 67.6 Å². The van der Waals surface area contributed by atoms with E-state index in [-0.39, 0.29) is 0 Å². The van der Waals surface area contributed by atoms with Gasteiger partial charge in [0.25, 0.3) is 0 Å². The van der Waals surface area contributed by atoms with E-state index in [0.29, 0.717) is 24.0 Å². The maximum Gasteiger partial charge on any atom is 0.216 e. The molecule has 0 saturated heterocycles. The summed E-state index contributed by atoms with van der Waals surface area (Å²) >= 11 is 0. The van der Waals surface area contributed by atoms with E-state index < -0.39 is 0 Å². The van der Waals surface area contributed by atoms with Crippen LogP contribution in [-0.2, 0) is 0 Å². The summed E-state index contributed by atoms with van der Waals surface area (Å²) in [5.41, 5.74) is 0.363. The normalized spacial score (nSPS) is 11.4. The molecular weight excluding hydrogens is 170 g/mol.